The molecule has 0 aliphatic heterocycles. The van der Waals surface area contributed by atoms with Crippen molar-refractivity contribution in [2.24, 2.45) is 7.05 Å². The number of nitrogens with one attached hydrogen (secondary N) is 1. The van der Waals surface area contributed by atoms with Gasteiger partial charge in [-0.2, -0.15) is 18.3 Å². The van der Waals surface area contributed by atoms with Gasteiger partial charge in [-0.1, -0.05) is 12.1 Å². The summed E-state index contributed by atoms with van der Waals surface area (Å²) >= 11 is 0. The van der Waals surface area contributed by atoms with Gasteiger partial charge in [0, 0.05) is 18.8 Å². The largest absolute Gasteiger partial charge is 0.433 e. The van der Waals surface area contributed by atoms with E-state index in [0.29, 0.717) is 10.4 Å². The number of aromatic nitrogens is 2. The molecule has 1 N–H and O–H groups in total. The fraction of sp³-hybridized carbons (Fsp3) is 0.286. The van der Waals surface area contributed by atoms with Crippen LogP contribution in [0.5, 0.6) is 0 Å². The SMILES string of the molecule is Cc1ccc(C)c(NC(=O)c2cc(C(F)(F)F)n(C)n2)c1. The number of rotatable bonds is 2. The predicted octanol–water partition coefficient (Wildman–Crippen LogP) is 3.31. The molecule has 0 unspecified atom stereocenters. The van der Waals surface area contributed by atoms with Crippen LogP contribution >= 0.6 is 0 Å². The standard InChI is InChI=1S/C14H14F3N3O/c1-8-4-5-9(2)10(6-8)18-13(21)11-7-12(14(15,16)17)20(3)19-11/h4-7H,1-3H3,(H,18,21). The highest BCUT2D eigenvalue weighted by Gasteiger charge is 2.35. The zero-order valence-electron chi connectivity index (χ0n) is 11.7. The third kappa shape index (κ3) is 3.24. The third-order valence-corrected chi connectivity index (χ3v) is 3.04. The van der Waals surface area contributed by atoms with Crippen LogP contribution in [0.3, 0.4) is 0 Å². The van der Waals surface area contributed by atoms with Crippen molar-refractivity contribution in [3.05, 3.63) is 46.8 Å². The smallest absolute Gasteiger partial charge is 0.320 e. The molecule has 0 bridgehead atoms. The van der Waals surface area contributed by atoms with Crippen LogP contribution in [0.25, 0.3) is 0 Å². The second kappa shape index (κ2) is 5.23. The second-order valence-corrected chi connectivity index (χ2v) is 4.81. The molecule has 1 heterocycles. The topological polar surface area (TPSA) is 46.9 Å². The molecule has 0 spiro atoms. The van der Waals surface area contributed by atoms with Crippen molar-refractivity contribution in [3.8, 4) is 0 Å². The van der Waals surface area contributed by atoms with Crippen LogP contribution in [0.2, 0.25) is 0 Å². The number of benzene rings is 1. The van der Waals surface area contributed by atoms with Gasteiger partial charge in [-0.3, -0.25) is 9.48 Å². The number of hydrogen-bond acceptors (Lipinski definition) is 2. The van der Waals surface area contributed by atoms with Crippen molar-refractivity contribution in [1.29, 1.82) is 0 Å². The van der Waals surface area contributed by atoms with Crippen LogP contribution in [0, 0.1) is 13.8 Å². The minimum Gasteiger partial charge on any atom is -0.320 e. The summed E-state index contributed by atoms with van der Waals surface area (Å²) in [5.41, 5.74) is 1.08. The fourth-order valence-corrected chi connectivity index (χ4v) is 1.90. The Labute approximate surface area is 119 Å². The van der Waals surface area contributed by atoms with Gasteiger partial charge in [-0.15, -0.1) is 0 Å². The highest BCUT2D eigenvalue weighted by Crippen LogP contribution is 2.29. The van der Waals surface area contributed by atoms with Gasteiger partial charge in [-0.05, 0) is 31.0 Å². The summed E-state index contributed by atoms with van der Waals surface area (Å²) in [6.45, 7) is 3.66. The molecule has 21 heavy (non-hydrogen) atoms. The number of carbonyl (C=O) groups is 1. The van der Waals surface area contributed by atoms with E-state index in [1.807, 2.05) is 19.1 Å². The monoisotopic (exact) mass is 297 g/mol. The number of hydrogen-bond donors (Lipinski definition) is 1. The minimum atomic E-state index is -4.54. The van der Waals surface area contributed by atoms with Crippen LogP contribution in [-0.2, 0) is 13.2 Å². The van der Waals surface area contributed by atoms with E-state index in [2.05, 4.69) is 10.4 Å². The molecule has 0 aliphatic rings. The molecule has 0 radical (unpaired) electrons. The van der Waals surface area contributed by atoms with E-state index in [1.54, 1.807) is 13.0 Å². The van der Waals surface area contributed by atoms with Crippen molar-refractivity contribution in [3.63, 3.8) is 0 Å². The molecule has 0 aliphatic carbocycles. The first kappa shape index (κ1) is 15.1. The highest BCUT2D eigenvalue weighted by atomic mass is 19.4. The van der Waals surface area contributed by atoms with Crippen molar-refractivity contribution in [1.82, 2.24) is 9.78 Å². The molecule has 112 valence electrons. The number of anilines is 1. The Morgan fingerprint density at radius 2 is 1.90 bits per heavy atom. The molecule has 0 fully saturated rings. The third-order valence-electron chi connectivity index (χ3n) is 3.04. The van der Waals surface area contributed by atoms with E-state index >= 15 is 0 Å². The van der Waals surface area contributed by atoms with Crippen molar-refractivity contribution in [2.75, 3.05) is 5.32 Å². The minimum absolute atomic E-state index is 0.272. The molecule has 1 aromatic carbocycles. The average molecular weight is 297 g/mol. The normalized spacial score (nSPS) is 11.5. The van der Waals surface area contributed by atoms with Crippen LogP contribution in [-0.4, -0.2) is 15.7 Å². The van der Waals surface area contributed by atoms with Crippen molar-refractivity contribution >= 4 is 11.6 Å². The summed E-state index contributed by atoms with van der Waals surface area (Å²) < 4.78 is 38.7. The Bertz CT molecular complexity index is 689. The molecule has 0 saturated carbocycles. The number of carbonyl (C=O) groups excluding carboxylic acids is 1. The van der Waals surface area contributed by atoms with E-state index < -0.39 is 17.8 Å². The van der Waals surface area contributed by atoms with E-state index in [-0.39, 0.29) is 5.69 Å². The van der Waals surface area contributed by atoms with Crippen molar-refractivity contribution in [2.45, 2.75) is 20.0 Å². The van der Waals surface area contributed by atoms with Crippen LogP contribution in [0.15, 0.2) is 24.3 Å². The summed E-state index contributed by atoms with van der Waals surface area (Å²) in [6, 6.07) is 6.19. The van der Waals surface area contributed by atoms with E-state index in [0.717, 1.165) is 24.2 Å². The highest BCUT2D eigenvalue weighted by molar-refractivity contribution is 6.03. The van der Waals surface area contributed by atoms with Gasteiger partial charge in [-0.25, -0.2) is 0 Å². The van der Waals surface area contributed by atoms with E-state index in [9.17, 15) is 18.0 Å². The predicted molar refractivity (Wildman–Crippen MR) is 72.1 cm³/mol. The molecule has 7 heteroatoms. The number of halogens is 3. The van der Waals surface area contributed by atoms with Gasteiger partial charge >= 0.3 is 6.18 Å². The first-order valence-corrected chi connectivity index (χ1v) is 6.18. The summed E-state index contributed by atoms with van der Waals surface area (Å²) in [5, 5.41) is 6.19. The Balaban J connectivity index is 2.27. The molecule has 2 aromatic rings. The maximum atomic E-state index is 12.7. The van der Waals surface area contributed by atoms with Gasteiger partial charge in [0.05, 0.1) is 0 Å². The second-order valence-electron chi connectivity index (χ2n) is 4.81. The van der Waals surface area contributed by atoms with Crippen molar-refractivity contribution < 1.29 is 18.0 Å². The first-order valence-electron chi connectivity index (χ1n) is 6.18. The summed E-state index contributed by atoms with van der Waals surface area (Å²) in [7, 11) is 1.15. The number of nitrogens with zero attached hydrogens (tertiary/aromatic N) is 2. The van der Waals surface area contributed by atoms with Gasteiger partial charge in [0.25, 0.3) is 5.91 Å². The molecule has 1 amide bonds. The number of alkyl halides is 3. The molecule has 4 nitrogen and oxygen atoms in total. The lowest BCUT2D eigenvalue weighted by Crippen LogP contribution is -2.14. The van der Waals surface area contributed by atoms with Gasteiger partial charge < -0.3 is 5.32 Å². The molecule has 2 rings (SSSR count). The summed E-state index contributed by atoms with van der Waals surface area (Å²) in [5.74, 6) is -0.671. The van der Waals surface area contributed by atoms with Gasteiger partial charge in [0.15, 0.2) is 5.69 Å². The molecular formula is C14H14F3N3O. The van der Waals surface area contributed by atoms with E-state index in [1.165, 1.54) is 0 Å². The lowest BCUT2D eigenvalue weighted by Gasteiger charge is -2.07. The molecule has 0 saturated heterocycles. The Kier molecular flexibility index (Phi) is 3.76. The summed E-state index contributed by atoms with van der Waals surface area (Å²) in [4.78, 5) is 12.0. The quantitative estimate of drug-likeness (QED) is 0.924. The molecule has 0 atom stereocenters. The number of aryl methyl sites for hydroxylation is 3. The van der Waals surface area contributed by atoms with Crippen LogP contribution in [0.1, 0.15) is 27.3 Å². The Hall–Kier alpha value is -2.31. The zero-order valence-corrected chi connectivity index (χ0v) is 11.7. The van der Waals surface area contributed by atoms with E-state index in [4.69, 9.17) is 0 Å². The van der Waals surface area contributed by atoms with Crippen LogP contribution < -0.4 is 5.32 Å². The first-order chi connectivity index (χ1) is 9.68. The Morgan fingerprint density at radius 3 is 2.48 bits per heavy atom. The molecular weight excluding hydrogens is 283 g/mol. The maximum Gasteiger partial charge on any atom is 0.433 e. The zero-order chi connectivity index (χ0) is 15.8. The molecule has 1 aromatic heterocycles. The average Bonchev–Trinajstić information content (AvgIpc) is 2.76. The fourth-order valence-electron chi connectivity index (χ4n) is 1.90. The van der Waals surface area contributed by atoms with Gasteiger partial charge in [0.2, 0.25) is 0 Å². The van der Waals surface area contributed by atoms with Gasteiger partial charge in [0.1, 0.15) is 5.69 Å². The lowest BCUT2D eigenvalue weighted by atomic mass is 10.1. The lowest BCUT2D eigenvalue weighted by molar-refractivity contribution is -0.143. The Morgan fingerprint density at radius 1 is 1.24 bits per heavy atom. The van der Waals surface area contributed by atoms with Crippen LogP contribution in [0.4, 0.5) is 18.9 Å². The number of amides is 1. The summed E-state index contributed by atoms with van der Waals surface area (Å²) in [6.07, 6.45) is -4.54. The maximum absolute atomic E-state index is 12.7.